The molecule has 0 aliphatic heterocycles. The number of hydrogen-bond acceptors (Lipinski definition) is 4. The predicted octanol–water partition coefficient (Wildman–Crippen LogP) is -0.0664. The van der Waals surface area contributed by atoms with Crippen LogP contribution in [-0.2, 0) is 14.8 Å². The van der Waals surface area contributed by atoms with Gasteiger partial charge in [-0.2, -0.15) is 0 Å². The molecule has 0 aliphatic carbocycles. The minimum atomic E-state index is -3.42. The highest BCUT2D eigenvalue weighted by atomic mass is 32.2. The largest absolute Gasteiger partial charge is 0.394 e. The number of sulfonamides is 1. The molecule has 0 saturated heterocycles. The van der Waals surface area contributed by atoms with Gasteiger partial charge in [0.1, 0.15) is 0 Å². The molecule has 0 fully saturated rings. The van der Waals surface area contributed by atoms with Gasteiger partial charge in [-0.15, -0.1) is 0 Å². The van der Waals surface area contributed by atoms with Crippen LogP contribution in [0.3, 0.4) is 0 Å². The lowest BCUT2D eigenvalue weighted by Gasteiger charge is -2.35. The monoisotopic (exact) mass is 280 g/mol. The minimum absolute atomic E-state index is 0.00225. The fourth-order valence-electron chi connectivity index (χ4n) is 1.34. The maximum Gasteiger partial charge on any atom is 0.240 e. The lowest BCUT2D eigenvalue weighted by Crippen LogP contribution is -2.54. The molecule has 0 heterocycles. The van der Waals surface area contributed by atoms with Crippen molar-refractivity contribution < 1.29 is 18.3 Å². The number of carbonyl (C=O) groups is 1. The molecule has 18 heavy (non-hydrogen) atoms. The van der Waals surface area contributed by atoms with E-state index in [2.05, 4.69) is 4.72 Å². The normalized spacial score (nSPS) is 14.3. The van der Waals surface area contributed by atoms with Gasteiger partial charge in [-0.1, -0.05) is 6.92 Å². The van der Waals surface area contributed by atoms with Gasteiger partial charge in [0.05, 0.1) is 23.9 Å². The van der Waals surface area contributed by atoms with Crippen LogP contribution in [0.2, 0.25) is 0 Å². The first-order valence-corrected chi connectivity index (χ1v) is 7.61. The minimum Gasteiger partial charge on any atom is -0.394 e. The Morgan fingerprint density at radius 3 is 2.33 bits per heavy atom. The summed E-state index contributed by atoms with van der Waals surface area (Å²) in [6.07, 6.45) is 0.494. The van der Waals surface area contributed by atoms with Crippen LogP contribution in [0.5, 0.6) is 0 Å². The molecule has 1 atom stereocenters. The third-order valence-corrected chi connectivity index (χ3v) is 4.48. The molecule has 0 bridgehead atoms. The summed E-state index contributed by atoms with van der Waals surface area (Å²) < 4.78 is 25.4. The topological polar surface area (TPSA) is 86.7 Å². The van der Waals surface area contributed by atoms with E-state index in [0.717, 1.165) is 0 Å². The van der Waals surface area contributed by atoms with Gasteiger partial charge in [-0.3, -0.25) is 4.79 Å². The Morgan fingerprint density at radius 2 is 1.94 bits per heavy atom. The maximum atomic E-state index is 12.0. The first-order chi connectivity index (χ1) is 8.07. The van der Waals surface area contributed by atoms with Gasteiger partial charge in [0, 0.05) is 7.05 Å². The maximum absolute atomic E-state index is 12.0. The van der Waals surface area contributed by atoms with E-state index >= 15 is 0 Å². The number of aliphatic hydroxyl groups is 1. The van der Waals surface area contributed by atoms with Crippen LogP contribution in [0.1, 0.15) is 34.1 Å². The Hall–Kier alpha value is -0.660. The Bertz CT molecular complexity index is 379. The number of rotatable bonds is 7. The summed E-state index contributed by atoms with van der Waals surface area (Å²) >= 11 is 0. The summed E-state index contributed by atoms with van der Waals surface area (Å²) in [6.45, 7) is 6.48. The van der Waals surface area contributed by atoms with Crippen molar-refractivity contribution in [3.8, 4) is 0 Å². The summed E-state index contributed by atoms with van der Waals surface area (Å²) in [7, 11) is -1.88. The molecule has 0 aliphatic rings. The molecule has 0 rings (SSSR count). The Kier molecular flexibility index (Phi) is 6.25. The molecule has 0 spiro atoms. The van der Waals surface area contributed by atoms with Gasteiger partial charge < -0.3 is 10.0 Å². The van der Waals surface area contributed by atoms with Crippen molar-refractivity contribution in [1.29, 1.82) is 0 Å². The molecular weight excluding hydrogens is 256 g/mol. The number of amides is 1. The van der Waals surface area contributed by atoms with Gasteiger partial charge in [0.2, 0.25) is 15.9 Å². The third-order valence-electron chi connectivity index (χ3n) is 2.83. The molecule has 1 unspecified atom stereocenters. The van der Waals surface area contributed by atoms with E-state index < -0.39 is 21.6 Å². The van der Waals surface area contributed by atoms with Gasteiger partial charge >= 0.3 is 0 Å². The number of nitrogens with one attached hydrogen (secondary N) is 1. The van der Waals surface area contributed by atoms with Gasteiger partial charge in [-0.05, 0) is 27.2 Å². The van der Waals surface area contributed by atoms with Gasteiger partial charge in [0.15, 0.2) is 0 Å². The van der Waals surface area contributed by atoms with Crippen molar-refractivity contribution in [3.63, 3.8) is 0 Å². The first kappa shape index (κ1) is 17.3. The second kappa shape index (κ2) is 6.49. The predicted molar refractivity (Wildman–Crippen MR) is 70.6 cm³/mol. The second-order valence-corrected chi connectivity index (χ2v) is 6.90. The zero-order chi connectivity index (χ0) is 14.6. The fraction of sp³-hybridized carbons (Fsp3) is 0.909. The lowest BCUT2D eigenvalue weighted by atomic mass is 10.0. The van der Waals surface area contributed by atoms with Crippen LogP contribution in [0.4, 0.5) is 0 Å². The van der Waals surface area contributed by atoms with Crippen molar-refractivity contribution >= 4 is 15.9 Å². The summed E-state index contributed by atoms with van der Waals surface area (Å²) in [5.74, 6) is -0.369. The van der Waals surface area contributed by atoms with E-state index in [9.17, 15) is 18.3 Å². The van der Waals surface area contributed by atoms with Crippen LogP contribution >= 0.6 is 0 Å². The van der Waals surface area contributed by atoms with E-state index in [4.69, 9.17) is 0 Å². The Balaban J connectivity index is 4.72. The average molecular weight is 280 g/mol. The standard InChI is InChI=1S/C11H24N2O4S/c1-6-7-18(16,17)12-9(2)10(15)13(5)11(3,4)8-14/h9,12,14H,6-8H2,1-5H3. The first-order valence-electron chi connectivity index (χ1n) is 5.96. The number of hydrogen-bond donors (Lipinski definition) is 2. The summed E-state index contributed by atoms with van der Waals surface area (Å²) in [4.78, 5) is 13.4. The fourth-order valence-corrected chi connectivity index (χ4v) is 2.64. The molecule has 7 heteroatoms. The van der Waals surface area contributed by atoms with Crippen molar-refractivity contribution in [3.05, 3.63) is 0 Å². The third kappa shape index (κ3) is 4.91. The number of nitrogens with zero attached hydrogens (tertiary/aromatic N) is 1. The molecule has 108 valence electrons. The highest BCUT2D eigenvalue weighted by Gasteiger charge is 2.31. The summed E-state index contributed by atoms with van der Waals surface area (Å²) in [5.41, 5.74) is -0.721. The van der Waals surface area contributed by atoms with E-state index in [1.165, 1.54) is 11.8 Å². The molecule has 0 aromatic heterocycles. The molecule has 2 N–H and O–H groups in total. The Morgan fingerprint density at radius 1 is 1.44 bits per heavy atom. The quantitative estimate of drug-likeness (QED) is 0.683. The molecule has 1 amide bonds. The number of carbonyl (C=O) groups excluding carboxylic acids is 1. The summed E-state index contributed by atoms with van der Waals surface area (Å²) in [5, 5.41) is 9.18. The van der Waals surface area contributed by atoms with Gasteiger partial charge in [0.25, 0.3) is 0 Å². The van der Waals surface area contributed by atoms with E-state index in [1.54, 1.807) is 27.8 Å². The van der Waals surface area contributed by atoms with Crippen LogP contribution in [-0.4, -0.2) is 55.3 Å². The second-order valence-electron chi connectivity index (χ2n) is 5.03. The van der Waals surface area contributed by atoms with Crippen LogP contribution in [0, 0.1) is 0 Å². The van der Waals surface area contributed by atoms with Crippen molar-refractivity contribution in [2.75, 3.05) is 19.4 Å². The van der Waals surface area contributed by atoms with E-state index in [-0.39, 0.29) is 18.3 Å². The van der Waals surface area contributed by atoms with E-state index in [0.29, 0.717) is 6.42 Å². The zero-order valence-electron chi connectivity index (χ0n) is 11.7. The SMILES string of the molecule is CCCS(=O)(=O)NC(C)C(=O)N(C)C(C)(C)CO. The van der Waals surface area contributed by atoms with Crippen LogP contribution < -0.4 is 4.72 Å². The Labute approximate surface area is 109 Å². The smallest absolute Gasteiger partial charge is 0.240 e. The van der Waals surface area contributed by atoms with Crippen molar-refractivity contribution in [1.82, 2.24) is 9.62 Å². The van der Waals surface area contributed by atoms with Crippen molar-refractivity contribution in [2.45, 2.75) is 45.7 Å². The number of aliphatic hydroxyl groups excluding tert-OH is 1. The average Bonchev–Trinajstić information content (AvgIpc) is 2.26. The molecular formula is C11H24N2O4S. The van der Waals surface area contributed by atoms with Crippen molar-refractivity contribution in [2.24, 2.45) is 0 Å². The van der Waals surface area contributed by atoms with Crippen LogP contribution in [0.25, 0.3) is 0 Å². The highest BCUT2D eigenvalue weighted by Crippen LogP contribution is 2.12. The highest BCUT2D eigenvalue weighted by molar-refractivity contribution is 7.89. The van der Waals surface area contributed by atoms with Gasteiger partial charge in [-0.25, -0.2) is 13.1 Å². The molecule has 0 saturated carbocycles. The lowest BCUT2D eigenvalue weighted by molar-refractivity contribution is -0.137. The van der Waals surface area contributed by atoms with E-state index in [1.807, 2.05) is 0 Å². The van der Waals surface area contributed by atoms with Crippen LogP contribution in [0.15, 0.2) is 0 Å². The molecule has 0 aromatic rings. The zero-order valence-corrected chi connectivity index (χ0v) is 12.5. The molecule has 0 radical (unpaired) electrons. The molecule has 6 nitrogen and oxygen atoms in total. The molecule has 0 aromatic carbocycles. The number of likely N-dealkylation sites (N-methyl/N-ethyl adjacent to an activating group) is 1. The summed E-state index contributed by atoms with van der Waals surface area (Å²) in [6, 6.07) is -0.836.